The van der Waals surface area contributed by atoms with Gasteiger partial charge in [0.15, 0.2) is 0 Å². The third-order valence-electron chi connectivity index (χ3n) is 5.51. The molecule has 1 atom stereocenters. The second kappa shape index (κ2) is 7.72. The van der Waals surface area contributed by atoms with E-state index in [-0.39, 0.29) is 11.9 Å². The molecule has 0 radical (unpaired) electrons. The molecule has 28 heavy (non-hydrogen) atoms. The molecule has 1 amide bonds. The Morgan fingerprint density at radius 1 is 1.25 bits per heavy atom. The van der Waals surface area contributed by atoms with Gasteiger partial charge in [-0.05, 0) is 46.0 Å². The maximum atomic E-state index is 13.6. The summed E-state index contributed by atoms with van der Waals surface area (Å²) in [4.78, 5) is 22.7. The number of para-hydroxylation sites is 1. The maximum absolute atomic E-state index is 13.6. The van der Waals surface area contributed by atoms with Gasteiger partial charge in [0, 0.05) is 42.8 Å². The second-order valence-electron chi connectivity index (χ2n) is 7.62. The number of aromatic nitrogens is 3. The molecule has 0 aliphatic carbocycles. The number of hydrogen-bond donors (Lipinski definition) is 0. The summed E-state index contributed by atoms with van der Waals surface area (Å²) in [6.45, 7) is 7.69. The number of aryl methyl sites for hydroxylation is 1. The molecule has 2 aromatic heterocycles. The average Bonchev–Trinajstić information content (AvgIpc) is 3.12. The molecule has 1 aliphatic heterocycles. The molecule has 1 aromatic carbocycles. The molecule has 0 bridgehead atoms. The Morgan fingerprint density at radius 3 is 2.86 bits per heavy atom. The Kier molecular flexibility index (Phi) is 5.13. The SMILES string of the molecule is CCn1cc(-c2cc(C(=O)N3CCCN(C)CC3C)c3ccccc3n2)cn1. The number of amides is 1. The molecule has 146 valence electrons. The minimum absolute atomic E-state index is 0.0885. The van der Waals surface area contributed by atoms with Crippen molar-refractivity contribution in [3.05, 3.63) is 48.3 Å². The standard InChI is InChI=1S/C22H27N5O/c1-4-26-15-17(13-23-26)21-12-19(18-8-5-6-9-20(18)24-21)22(28)27-11-7-10-25(3)14-16(27)2/h5-6,8-9,12-13,15-16H,4,7,10-11,14H2,1-3H3. The van der Waals surface area contributed by atoms with E-state index in [4.69, 9.17) is 4.98 Å². The number of rotatable bonds is 3. The topological polar surface area (TPSA) is 54.3 Å². The summed E-state index contributed by atoms with van der Waals surface area (Å²) < 4.78 is 1.88. The number of likely N-dealkylation sites (N-methyl/N-ethyl adjacent to an activating group) is 1. The molecular weight excluding hydrogens is 350 g/mol. The number of fused-ring (bicyclic) bond motifs is 1. The van der Waals surface area contributed by atoms with Crippen LogP contribution in [0.5, 0.6) is 0 Å². The van der Waals surface area contributed by atoms with Gasteiger partial charge in [0.2, 0.25) is 0 Å². The van der Waals surface area contributed by atoms with E-state index in [2.05, 4.69) is 30.9 Å². The van der Waals surface area contributed by atoms with Gasteiger partial charge in [-0.2, -0.15) is 5.10 Å². The molecule has 4 rings (SSSR count). The third kappa shape index (κ3) is 3.52. The van der Waals surface area contributed by atoms with Crippen molar-refractivity contribution in [1.29, 1.82) is 0 Å². The first kappa shape index (κ1) is 18.6. The first-order valence-electron chi connectivity index (χ1n) is 9.99. The number of carbonyl (C=O) groups excluding carboxylic acids is 1. The van der Waals surface area contributed by atoms with Gasteiger partial charge in [-0.3, -0.25) is 9.48 Å². The predicted molar refractivity (Wildman–Crippen MR) is 111 cm³/mol. The van der Waals surface area contributed by atoms with Crippen molar-refractivity contribution in [3.63, 3.8) is 0 Å². The van der Waals surface area contributed by atoms with Crippen molar-refractivity contribution in [2.24, 2.45) is 0 Å². The molecule has 1 aliphatic rings. The zero-order valence-corrected chi connectivity index (χ0v) is 16.8. The van der Waals surface area contributed by atoms with Gasteiger partial charge < -0.3 is 9.80 Å². The van der Waals surface area contributed by atoms with Crippen LogP contribution >= 0.6 is 0 Å². The van der Waals surface area contributed by atoms with Gasteiger partial charge in [0.1, 0.15) is 0 Å². The predicted octanol–water partition coefficient (Wildman–Crippen LogP) is 3.28. The van der Waals surface area contributed by atoms with E-state index in [1.807, 2.05) is 52.3 Å². The minimum Gasteiger partial charge on any atom is -0.335 e. The highest BCUT2D eigenvalue weighted by atomic mass is 16.2. The largest absolute Gasteiger partial charge is 0.335 e. The fraction of sp³-hybridized carbons (Fsp3) is 0.409. The summed E-state index contributed by atoms with van der Waals surface area (Å²) in [5, 5.41) is 5.27. The van der Waals surface area contributed by atoms with Crippen molar-refractivity contribution in [1.82, 2.24) is 24.6 Å². The first-order chi connectivity index (χ1) is 13.6. The lowest BCUT2D eigenvalue weighted by Gasteiger charge is -2.28. The average molecular weight is 377 g/mol. The fourth-order valence-corrected chi connectivity index (χ4v) is 4.00. The number of hydrogen-bond acceptors (Lipinski definition) is 4. The van der Waals surface area contributed by atoms with Gasteiger partial charge >= 0.3 is 0 Å². The Morgan fingerprint density at radius 2 is 2.07 bits per heavy atom. The van der Waals surface area contributed by atoms with Crippen molar-refractivity contribution < 1.29 is 4.79 Å². The van der Waals surface area contributed by atoms with Crippen LogP contribution in [-0.4, -0.2) is 63.2 Å². The van der Waals surface area contributed by atoms with Crippen LogP contribution in [0.3, 0.4) is 0 Å². The summed E-state index contributed by atoms with van der Waals surface area (Å²) in [6, 6.07) is 10.0. The van der Waals surface area contributed by atoms with Gasteiger partial charge in [0.25, 0.3) is 5.91 Å². The molecule has 1 unspecified atom stereocenters. The van der Waals surface area contributed by atoms with E-state index in [0.29, 0.717) is 0 Å². The lowest BCUT2D eigenvalue weighted by atomic mass is 10.0. The second-order valence-corrected chi connectivity index (χ2v) is 7.62. The lowest BCUT2D eigenvalue weighted by Crippen LogP contribution is -2.42. The molecule has 0 saturated carbocycles. The van der Waals surface area contributed by atoms with E-state index in [0.717, 1.165) is 60.3 Å². The summed E-state index contributed by atoms with van der Waals surface area (Å²) in [5.74, 6) is 0.0885. The Bertz CT molecular complexity index is 996. The van der Waals surface area contributed by atoms with Crippen LogP contribution in [0.2, 0.25) is 0 Å². The van der Waals surface area contributed by atoms with E-state index < -0.39 is 0 Å². The molecular formula is C22H27N5O. The molecule has 6 heteroatoms. The normalized spacial score (nSPS) is 18.4. The molecule has 3 heterocycles. The summed E-state index contributed by atoms with van der Waals surface area (Å²) in [6.07, 6.45) is 4.79. The fourth-order valence-electron chi connectivity index (χ4n) is 4.00. The summed E-state index contributed by atoms with van der Waals surface area (Å²) in [7, 11) is 2.12. The van der Waals surface area contributed by atoms with Gasteiger partial charge in [-0.1, -0.05) is 18.2 Å². The quantitative estimate of drug-likeness (QED) is 0.703. The smallest absolute Gasteiger partial charge is 0.254 e. The highest BCUT2D eigenvalue weighted by molar-refractivity contribution is 6.07. The highest BCUT2D eigenvalue weighted by Crippen LogP contribution is 2.26. The molecule has 1 saturated heterocycles. The van der Waals surface area contributed by atoms with Crippen LogP contribution in [0, 0.1) is 0 Å². The Balaban J connectivity index is 1.79. The maximum Gasteiger partial charge on any atom is 0.254 e. The van der Waals surface area contributed by atoms with E-state index in [9.17, 15) is 4.79 Å². The van der Waals surface area contributed by atoms with Gasteiger partial charge in [0.05, 0.1) is 23.0 Å². The number of carbonyl (C=O) groups is 1. The molecule has 6 nitrogen and oxygen atoms in total. The van der Waals surface area contributed by atoms with E-state index in [1.165, 1.54) is 0 Å². The van der Waals surface area contributed by atoms with Crippen LogP contribution in [0.15, 0.2) is 42.7 Å². The Labute approximate surface area is 165 Å². The van der Waals surface area contributed by atoms with Crippen LogP contribution in [0.1, 0.15) is 30.6 Å². The van der Waals surface area contributed by atoms with E-state index in [1.54, 1.807) is 0 Å². The molecule has 3 aromatic rings. The van der Waals surface area contributed by atoms with Crippen molar-refractivity contribution >= 4 is 16.8 Å². The van der Waals surface area contributed by atoms with Crippen LogP contribution in [0.4, 0.5) is 0 Å². The van der Waals surface area contributed by atoms with Gasteiger partial charge in [-0.25, -0.2) is 4.98 Å². The minimum atomic E-state index is 0.0885. The van der Waals surface area contributed by atoms with Crippen molar-refractivity contribution in [2.75, 3.05) is 26.7 Å². The van der Waals surface area contributed by atoms with Crippen LogP contribution in [0.25, 0.3) is 22.2 Å². The van der Waals surface area contributed by atoms with Crippen molar-refractivity contribution in [3.8, 4) is 11.3 Å². The molecule has 0 N–H and O–H groups in total. The zero-order valence-electron chi connectivity index (χ0n) is 16.8. The molecule has 0 spiro atoms. The van der Waals surface area contributed by atoms with Crippen LogP contribution in [-0.2, 0) is 6.54 Å². The number of pyridine rings is 1. The zero-order chi connectivity index (χ0) is 19.7. The van der Waals surface area contributed by atoms with Gasteiger partial charge in [-0.15, -0.1) is 0 Å². The van der Waals surface area contributed by atoms with Crippen LogP contribution < -0.4 is 0 Å². The third-order valence-corrected chi connectivity index (χ3v) is 5.51. The summed E-state index contributed by atoms with van der Waals surface area (Å²) in [5.41, 5.74) is 3.29. The highest BCUT2D eigenvalue weighted by Gasteiger charge is 2.26. The monoisotopic (exact) mass is 377 g/mol. The lowest BCUT2D eigenvalue weighted by molar-refractivity contribution is 0.0698. The number of benzene rings is 1. The Hall–Kier alpha value is -2.73. The molecule has 1 fully saturated rings. The van der Waals surface area contributed by atoms with Crippen molar-refractivity contribution in [2.45, 2.75) is 32.9 Å². The summed E-state index contributed by atoms with van der Waals surface area (Å²) >= 11 is 0. The number of nitrogens with zero attached hydrogens (tertiary/aromatic N) is 5. The first-order valence-corrected chi connectivity index (χ1v) is 9.99. The van der Waals surface area contributed by atoms with E-state index >= 15 is 0 Å².